The Kier molecular flexibility index (Phi) is 4.88. The number of halogens is 1. The second-order valence-corrected chi connectivity index (χ2v) is 5.23. The van der Waals surface area contributed by atoms with E-state index in [0.29, 0.717) is 11.1 Å². The van der Waals surface area contributed by atoms with Crippen molar-refractivity contribution in [1.82, 2.24) is 5.32 Å². The van der Waals surface area contributed by atoms with Gasteiger partial charge < -0.3 is 10.6 Å². The zero-order valence-corrected chi connectivity index (χ0v) is 11.2. The molecule has 1 aromatic rings. The Morgan fingerprint density at radius 1 is 1.06 bits per heavy atom. The maximum Gasteiger partial charge on any atom is 0.319 e. The monoisotopic (exact) mass is 266 g/mol. The summed E-state index contributed by atoms with van der Waals surface area (Å²) >= 11 is 5.79. The number of hydrogen-bond acceptors (Lipinski definition) is 1. The molecule has 4 heteroatoms. The van der Waals surface area contributed by atoms with Crippen LogP contribution in [0, 0.1) is 0 Å². The third-order valence-corrected chi connectivity index (χ3v) is 3.54. The molecule has 0 saturated heterocycles. The van der Waals surface area contributed by atoms with Gasteiger partial charge in [0.2, 0.25) is 0 Å². The van der Waals surface area contributed by atoms with E-state index in [9.17, 15) is 4.79 Å². The number of benzene rings is 1. The smallest absolute Gasteiger partial charge is 0.319 e. The quantitative estimate of drug-likeness (QED) is 0.775. The molecule has 0 spiro atoms. The van der Waals surface area contributed by atoms with E-state index in [1.165, 1.54) is 25.7 Å². The summed E-state index contributed by atoms with van der Waals surface area (Å²) in [5, 5.41) is 6.54. The molecule has 18 heavy (non-hydrogen) atoms. The zero-order chi connectivity index (χ0) is 12.8. The lowest BCUT2D eigenvalue weighted by Crippen LogP contribution is -2.37. The van der Waals surface area contributed by atoms with Gasteiger partial charge in [0.25, 0.3) is 0 Å². The maximum absolute atomic E-state index is 11.8. The highest BCUT2D eigenvalue weighted by atomic mass is 35.5. The minimum atomic E-state index is -0.121. The van der Waals surface area contributed by atoms with Crippen molar-refractivity contribution in [2.75, 3.05) is 5.32 Å². The van der Waals surface area contributed by atoms with Gasteiger partial charge in [-0.15, -0.1) is 0 Å². The van der Waals surface area contributed by atoms with Crippen LogP contribution in [0.5, 0.6) is 0 Å². The molecule has 1 saturated carbocycles. The van der Waals surface area contributed by atoms with E-state index in [1.54, 1.807) is 24.3 Å². The standard InChI is InChI=1S/C14H19ClN2O/c15-11-7-9-13(10-8-11)17-14(18)16-12-5-3-1-2-4-6-12/h7-10,12H,1-6H2,(H2,16,17,18). The molecule has 0 aliphatic heterocycles. The highest BCUT2D eigenvalue weighted by molar-refractivity contribution is 6.30. The Bertz CT molecular complexity index is 383. The van der Waals surface area contributed by atoms with Crippen molar-refractivity contribution in [3.8, 4) is 0 Å². The number of hydrogen-bond donors (Lipinski definition) is 2. The first-order valence-corrected chi connectivity index (χ1v) is 6.95. The number of nitrogens with one attached hydrogen (secondary N) is 2. The minimum Gasteiger partial charge on any atom is -0.335 e. The molecule has 1 aliphatic rings. The van der Waals surface area contributed by atoms with Gasteiger partial charge in [-0.3, -0.25) is 0 Å². The van der Waals surface area contributed by atoms with Gasteiger partial charge in [0.15, 0.2) is 0 Å². The van der Waals surface area contributed by atoms with Gasteiger partial charge in [0.1, 0.15) is 0 Å². The normalized spacial score (nSPS) is 16.9. The summed E-state index contributed by atoms with van der Waals surface area (Å²) in [5.74, 6) is 0. The Labute approximate surface area is 113 Å². The van der Waals surface area contributed by atoms with E-state index in [2.05, 4.69) is 10.6 Å². The first-order chi connectivity index (χ1) is 8.74. The molecule has 0 heterocycles. The largest absolute Gasteiger partial charge is 0.335 e. The van der Waals surface area contributed by atoms with Gasteiger partial charge in [0.05, 0.1) is 0 Å². The molecule has 1 aromatic carbocycles. The van der Waals surface area contributed by atoms with E-state index < -0.39 is 0 Å². The summed E-state index contributed by atoms with van der Waals surface area (Å²) in [6, 6.07) is 7.33. The highest BCUT2D eigenvalue weighted by Gasteiger charge is 2.14. The molecule has 0 radical (unpaired) electrons. The Morgan fingerprint density at radius 3 is 2.28 bits per heavy atom. The zero-order valence-electron chi connectivity index (χ0n) is 10.4. The molecule has 98 valence electrons. The van der Waals surface area contributed by atoms with Crippen LogP contribution in [0.2, 0.25) is 5.02 Å². The van der Waals surface area contributed by atoms with Crippen molar-refractivity contribution in [3.63, 3.8) is 0 Å². The summed E-state index contributed by atoms with van der Waals surface area (Å²) in [6.45, 7) is 0. The molecular formula is C14H19ClN2O. The van der Waals surface area contributed by atoms with Crippen molar-refractivity contribution >= 4 is 23.3 Å². The third-order valence-electron chi connectivity index (χ3n) is 3.29. The van der Waals surface area contributed by atoms with Crippen LogP contribution in [0.3, 0.4) is 0 Å². The van der Waals surface area contributed by atoms with Crippen LogP contribution in [0.25, 0.3) is 0 Å². The molecule has 2 rings (SSSR count). The van der Waals surface area contributed by atoms with Gasteiger partial charge in [-0.1, -0.05) is 37.3 Å². The van der Waals surface area contributed by atoms with Crippen LogP contribution in [0.4, 0.5) is 10.5 Å². The summed E-state index contributed by atoms with van der Waals surface area (Å²) in [5.41, 5.74) is 0.769. The van der Waals surface area contributed by atoms with E-state index in [1.807, 2.05) is 0 Å². The minimum absolute atomic E-state index is 0.121. The van der Waals surface area contributed by atoms with E-state index in [0.717, 1.165) is 18.5 Å². The van der Waals surface area contributed by atoms with Gasteiger partial charge in [0, 0.05) is 16.8 Å². The Balaban J connectivity index is 1.82. The summed E-state index contributed by atoms with van der Waals surface area (Å²) < 4.78 is 0. The second-order valence-electron chi connectivity index (χ2n) is 4.79. The van der Waals surface area contributed by atoms with Crippen LogP contribution >= 0.6 is 11.6 Å². The third kappa shape index (κ3) is 4.22. The van der Waals surface area contributed by atoms with Crippen molar-refractivity contribution in [1.29, 1.82) is 0 Å². The fourth-order valence-corrected chi connectivity index (χ4v) is 2.44. The number of amides is 2. The predicted molar refractivity (Wildman–Crippen MR) is 75.1 cm³/mol. The van der Waals surface area contributed by atoms with Crippen LogP contribution in [-0.4, -0.2) is 12.1 Å². The van der Waals surface area contributed by atoms with Gasteiger partial charge in [-0.05, 0) is 37.1 Å². The number of carbonyl (C=O) groups is 1. The van der Waals surface area contributed by atoms with Crippen molar-refractivity contribution in [3.05, 3.63) is 29.3 Å². The lowest BCUT2D eigenvalue weighted by Gasteiger charge is -2.16. The van der Waals surface area contributed by atoms with Gasteiger partial charge in [-0.25, -0.2) is 4.79 Å². The van der Waals surface area contributed by atoms with Crippen LogP contribution in [-0.2, 0) is 0 Å². The maximum atomic E-state index is 11.8. The number of carbonyl (C=O) groups excluding carboxylic acids is 1. The Hall–Kier alpha value is -1.22. The van der Waals surface area contributed by atoms with E-state index in [4.69, 9.17) is 11.6 Å². The summed E-state index contributed by atoms with van der Waals surface area (Å²) in [4.78, 5) is 11.8. The van der Waals surface area contributed by atoms with Crippen molar-refractivity contribution in [2.45, 2.75) is 44.6 Å². The molecule has 0 atom stereocenters. The Morgan fingerprint density at radius 2 is 1.67 bits per heavy atom. The first kappa shape index (κ1) is 13.2. The van der Waals surface area contributed by atoms with E-state index in [-0.39, 0.29) is 6.03 Å². The SMILES string of the molecule is O=C(Nc1ccc(Cl)cc1)NC1CCCCCC1. The number of rotatable bonds is 2. The fourth-order valence-electron chi connectivity index (χ4n) is 2.31. The summed E-state index contributed by atoms with van der Waals surface area (Å²) in [7, 11) is 0. The molecular weight excluding hydrogens is 248 g/mol. The topological polar surface area (TPSA) is 41.1 Å². The van der Waals surface area contributed by atoms with Gasteiger partial charge >= 0.3 is 6.03 Å². The molecule has 0 bridgehead atoms. The molecule has 1 aliphatic carbocycles. The molecule has 3 nitrogen and oxygen atoms in total. The van der Waals surface area contributed by atoms with Crippen LogP contribution in [0.1, 0.15) is 38.5 Å². The highest BCUT2D eigenvalue weighted by Crippen LogP contribution is 2.17. The van der Waals surface area contributed by atoms with Crippen molar-refractivity contribution < 1.29 is 4.79 Å². The summed E-state index contributed by atoms with van der Waals surface area (Å²) in [6.07, 6.45) is 7.19. The lowest BCUT2D eigenvalue weighted by atomic mass is 10.1. The second kappa shape index (κ2) is 6.64. The average molecular weight is 267 g/mol. The van der Waals surface area contributed by atoms with Gasteiger partial charge in [-0.2, -0.15) is 0 Å². The van der Waals surface area contributed by atoms with Crippen LogP contribution in [0.15, 0.2) is 24.3 Å². The predicted octanol–water partition coefficient (Wildman–Crippen LogP) is 4.18. The van der Waals surface area contributed by atoms with Crippen molar-refractivity contribution in [2.24, 2.45) is 0 Å². The van der Waals surface area contributed by atoms with E-state index >= 15 is 0 Å². The average Bonchev–Trinajstić information content (AvgIpc) is 2.61. The number of anilines is 1. The molecule has 0 aromatic heterocycles. The number of urea groups is 1. The molecule has 0 unspecified atom stereocenters. The lowest BCUT2D eigenvalue weighted by molar-refractivity contribution is 0.247. The molecule has 2 N–H and O–H groups in total. The van der Waals surface area contributed by atoms with Crippen LogP contribution < -0.4 is 10.6 Å². The fraction of sp³-hybridized carbons (Fsp3) is 0.500. The molecule has 2 amide bonds. The molecule has 1 fully saturated rings. The first-order valence-electron chi connectivity index (χ1n) is 6.57.